The molecule has 0 atom stereocenters. The zero-order valence-corrected chi connectivity index (χ0v) is 12.8. The molecule has 0 aliphatic heterocycles. The Kier molecular flexibility index (Phi) is 5.55. The van der Waals surface area contributed by atoms with Crippen LogP contribution >= 0.6 is 0 Å². The SMILES string of the molecule is CNCCCC(=O)Nc1ccc(C(C)(C)C)cc1C. The Bertz CT molecular complexity index is 433. The molecular formula is C16H26N2O. The maximum absolute atomic E-state index is 11.8. The highest BCUT2D eigenvalue weighted by Crippen LogP contribution is 2.26. The van der Waals surface area contributed by atoms with Crippen LogP contribution in [0.25, 0.3) is 0 Å². The summed E-state index contributed by atoms with van der Waals surface area (Å²) in [7, 11) is 1.90. The Morgan fingerprint density at radius 3 is 2.47 bits per heavy atom. The summed E-state index contributed by atoms with van der Waals surface area (Å²) >= 11 is 0. The molecular weight excluding hydrogens is 236 g/mol. The van der Waals surface area contributed by atoms with E-state index in [1.807, 2.05) is 20.0 Å². The lowest BCUT2D eigenvalue weighted by Gasteiger charge is -2.20. The van der Waals surface area contributed by atoms with Gasteiger partial charge in [0.25, 0.3) is 0 Å². The third-order valence-corrected chi connectivity index (χ3v) is 3.20. The maximum Gasteiger partial charge on any atom is 0.224 e. The second-order valence-corrected chi connectivity index (χ2v) is 6.03. The summed E-state index contributed by atoms with van der Waals surface area (Å²) in [5.74, 6) is 0.0851. The van der Waals surface area contributed by atoms with Crippen LogP contribution in [0.4, 0.5) is 5.69 Å². The smallest absolute Gasteiger partial charge is 0.224 e. The van der Waals surface area contributed by atoms with Crippen molar-refractivity contribution in [1.82, 2.24) is 5.32 Å². The van der Waals surface area contributed by atoms with Crippen LogP contribution in [0, 0.1) is 6.92 Å². The quantitative estimate of drug-likeness (QED) is 0.800. The highest BCUT2D eigenvalue weighted by atomic mass is 16.1. The van der Waals surface area contributed by atoms with Crippen molar-refractivity contribution in [2.75, 3.05) is 18.9 Å². The molecule has 1 aromatic rings. The van der Waals surface area contributed by atoms with Crippen molar-refractivity contribution in [2.45, 2.75) is 46.0 Å². The fourth-order valence-electron chi connectivity index (χ4n) is 1.91. The predicted octanol–water partition coefficient (Wildman–Crippen LogP) is 3.23. The van der Waals surface area contributed by atoms with Crippen LogP contribution in [-0.2, 0) is 10.2 Å². The molecule has 0 fully saturated rings. The first-order valence-electron chi connectivity index (χ1n) is 6.90. The molecule has 0 bridgehead atoms. The first kappa shape index (κ1) is 15.7. The van der Waals surface area contributed by atoms with E-state index in [2.05, 4.69) is 43.5 Å². The normalized spacial score (nSPS) is 11.4. The molecule has 3 nitrogen and oxygen atoms in total. The van der Waals surface area contributed by atoms with Crippen LogP contribution in [0.5, 0.6) is 0 Å². The van der Waals surface area contributed by atoms with E-state index in [0.717, 1.165) is 24.2 Å². The Labute approximate surface area is 116 Å². The third-order valence-electron chi connectivity index (χ3n) is 3.20. The number of rotatable bonds is 5. The molecule has 19 heavy (non-hydrogen) atoms. The molecule has 0 aliphatic carbocycles. The molecule has 0 aromatic heterocycles. The van der Waals surface area contributed by atoms with Crippen molar-refractivity contribution >= 4 is 11.6 Å². The number of benzene rings is 1. The fraction of sp³-hybridized carbons (Fsp3) is 0.562. The minimum atomic E-state index is 0.0851. The molecule has 1 rings (SSSR count). The van der Waals surface area contributed by atoms with Crippen molar-refractivity contribution in [1.29, 1.82) is 0 Å². The molecule has 0 saturated heterocycles. The van der Waals surface area contributed by atoms with E-state index in [-0.39, 0.29) is 11.3 Å². The monoisotopic (exact) mass is 262 g/mol. The Hall–Kier alpha value is -1.35. The van der Waals surface area contributed by atoms with Crippen molar-refractivity contribution in [3.63, 3.8) is 0 Å². The molecule has 3 heteroatoms. The van der Waals surface area contributed by atoms with E-state index in [4.69, 9.17) is 0 Å². The van der Waals surface area contributed by atoms with Crippen LogP contribution in [0.15, 0.2) is 18.2 Å². The molecule has 0 unspecified atom stereocenters. The third kappa shape index (κ3) is 5.03. The lowest BCUT2D eigenvalue weighted by molar-refractivity contribution is -0.116. The van der Waals surface area contributed by atoms with Gasteiger partial charge in [-0.2, -0.15) is 0 Å². The number of amides is 1. The van der Waals surface area contributed by atoms with Gasteiger partial charge < -0.3 is 10.6 Å². The summed E-state index contributed by atoms with van der Waals surface area (Å²) in [6.45, 7) is 9.49. The molecule has 1 aromatic carbocycles. The molecule has 0 aliphatic rings. The fourth-order valence-corrected chi connectivity index (χ4v) is 1.91. The molecule has 0 heterocycles. The summed E-state index contributed by atoms with van der Waals surface area (Å²) in [5, 5.41) is 6.02. The number of hydrogen-bond acceptors (Lipinski definition) is 2. The molecule has 2 N–H and O–H groups in total. The highest BCUT2D eigenvalue weighted by molar-refractivity contribution is 5.91. The first-order valence-corrected chi connectivity index (χ1v) is 6.90. The number of anilines is 1. The largest absolute Gasteiger partial charge is 0.326 e. The number of nitrogens with one attached hydrogen (secondary N) is 2. The van der Waals surface area contributed by atoms with Gasteiger partial charge in [0.1, 0.15) is 0 Å². The average molecular weight is 262 g/mol. The lowest BCUT2D eigenvalue weighted by atomic mass is 9.86. The van der Waals surface area contributed by atoms with Gasteiger partial charge >= 0.3 is 0 Å². The highest BCUT2D eigenvalue weighted by Gasteiger charge is 2.14. The minimum Gasteiger partial charge on any atom is -0.326 e. The summed E-state index contributed by atoms with van der Waals surface area (Å²) in [6, 6.07) is 6.26. The van der Waals surface area contributed by atoms with E-state index < -0.39 is 0 Å². The van der Waals surface area contributed by atoms with Gasteiger partial charge in [0.05, 0.1) is 0 Å². The van der Waals surface area contributed by atoms with E-state index in [9.17, 15) is 4.79 Å². The standard InChI is InChI=1S/C16H26N2O/c1-12-11-13(16(2,3)4)8-9-14(12)18-15(19)7-6-10-17-5/h8-9,11,17H,6-7,10H2,1-5H3,(H,18,19). The average Bonchev–Trinajstić information content (AvgIpc) is 2.31. The number of carbonyl (C=O) groups excluding carboxylic acids is 1. The van der Waals surface area contributed by atoms with Crippen LogP contribution in [0.3, 0.4) is 0 Å². The van der Waals surface area contributed by atoms with Gasteiger partial charge in [-0.15, -0.1) is 0 Å². The first-order chi connectivity index (χ1) is 8.84. The molecule has 0 saturated carbocycles. The van der Waals surface area contributed by atoms with Crippen LogP contribution in [-0.4, -0.2) is 19.5 Å². The second-order valence-electron chi connectivity index (χ2n) is 6.03. The summed E-state index contributed by atoms with van der Waals surface area (Å²) < 4.78 is 0. The predicted molar refractivity (Wildman–Crippen MR) is 81.7 cm³/mol. The number of aryl methyl sites for hydroxylation is 1. The van der Waals surface area contributed by atoms with Crippen LogP contribution in [0.2, 0.25) is 0 Å². The topological polar surface area (TPSA) is 41.1 Å². The summed E-state index contributed by atoms with van der Waals surface area (Å²) in [5.41, 5.74) is 3.47. The van der Waals surface area contributed by atoms with Gasteiger partial charge in [-0.05, 0) is 49.5 Å². The zero-order valence-electron chi connectivity index (χ0n) is 12.8. The van der Waals surface area contributed by atoms with Gasteiger partial charge in [0, 0.05) is 12.1 Å². The zero-order chi connectivity index (χ0) is 14.5. The Morgan fingerprint density at radius 2 is 1.95 bits per heavy atom. The van der Waals surface area contributed by atoms with Gasteiger partial charge in [0.15, 0.2) is 0 Å². The minimum absolute atomic E-state index is 0.0851. The van der Waals surface area contributed by atoms with Crippen molar-refractivity contribution in [3.05, 3.63) is 29.3 Å². The van der Waals surface area contributed by atoms with E-state index in [0.29, 0.717) is 6.42 Å². The van der Waals surface area contributed by atoms with Gasteiger partial charge in [-0.1, -0.05) is 32.9 Å². The summed E-state index contributed by atoms with van der Waals surface area (Å²) in [6.07, 6.45) is 1.42. The van der Waals surface area contributed by atoms with E-state index in [1.54, 1.807) is 0 Å². The number of carbonyl (C=O) groups is 1. The van der Waals surface area contributed by atoms with Gasteiger partial charge in [-0.3, -0.25) is 4.79 Å². The van der Waals surface area contributed by atoms with Crippen molar-refractivity contribution in [2.24, 2.45) is 0 Å². The molecule has 0 spiro atoms. The van der Waals surface area contributed by atoms with Gasteiger partial charge in [-0.25, -0.2) is 0 Å². The Morgan fingerprint density at radius 1 is 1.26 bits per heavy atom. The van der Waals surface area contributed by atoms with Crippen LogP contribution < -0.4 is 10.6 Å². The molecule has 0 radical (unpaired) electrons. The van der Waals surface area contributed by atoms with Crippen molar-refractivity contribution < 1.29 is 4.79 Å². The maximum atomic E-state index is 11.8. The molecule has 1 amide bonds. The summed E-state index contributed by atoms with van der Waals surface area (Å²) in [4.78, 5) is 11.8. The molecule has 106 valence electrons. The van der Waals surface area contributed by atoms with Crippen LogP contribution in [0.1, 0.15) is 44.7 Å². The van der Waals surface area contributed by atoms with E-state index >= 15 is 0 Å². The van der Waals surface area contributed by atoms with E-state index in [1.165, 1.54) is 5.56 Å². The lowest BCUT2D eigenvalue weighted by Crippen LogP contribution is -2.16. The second kappa shape index (κ2) is 6.71. The van der Waals surface area contributed by atoms with Crippen molar-refractivity contribution in [3.8, 4) is 0 Å². The van der Waals surface area contributed by atoms with Gasteiger partial charge in [0.2, 0.25) is 5.91 Å². The Balaban J connectivity index is 2.67. The number of hydrogen-bond donors (Lipinski definition) is 2.